The Balaban J connectivity index is 2.11. The van der Waals surface area contributed by atoms with Crippen LogP contribution in [0.3, 0.4) is 0 Å². The van der Waals surface area contributed by atoms with Crippen molar-refractivity contribution in [2.45, 2.75) is 13.2 Å². The van der Waals surface area contributed by atoms with Crippen LogP contribution in [0.2, 0.25) is 0 Å². The zero-order chi connectivity index (χ0) is 19.9. The Morgan fingerprint density at radius 3 is 2.56 bits per heavy atom. The van der Waals surface area contributed by atoms with Gasteiger partial charge in [0.1, 0.15) is 5.75 Å². The lowest BCUT2D eigenvalue weighted by Gasteiger charge is -2.11. The predicted molar refractivity (Wildman–Crippen MR) is 95.3 cm³/mol. The van der Waals surface area contributed by atoms with E-state index < -0.39 is 23.6 Å². The molecular formula is C16H13BrF2N4O4. The molecule has 0 N–H and O–H groups in total. The highest BCUT2D eigenvalue weighted by Gasteiger charge is 2.22. The third kappa shape index (κ3) is 3.29. The van der Waals surface area contributed by atoms with Crippen molar-refractivity contribution in [2.24, 2.45) is 14.1 Å². The molecule has 0 radical (unpaired) electrons. The summed E-state index contributed by atoms with van der Waals surface area (Å²) in [5.74, 6) is -0.833. The number of rotatable bonds is 5. The zero-order valence-electron chi connectivity index (χ0n) is 14.1. The van der Waals surface area contributed by atoms with E-state index in [0.717, 1.165) is 4.57 Å². The number of ether oxygens (including phenoxy) is 1. The van der Waals surface area contributed by atoms with Gasteiger partial charge in [-0.2, -0.15) is 8.78 Å². The van der Waals surface area contributed by atoms with Crippen LogP contribution in [0.1, 0.15) is 10.4 Å². The van der Waals surface area contributed by atoms with Gasteiger partial charge in [0.05, 0.1) is 12.1 Å². The van der Waals surface area contributed by atoms with Gasteiger partial charge in [0, 0.05) is 14.1 Å². The van der Waals surface area contributed by atoms with Crippen molar-refractivity contribution in [1.29, 1.82) is 0 Å². The van der Waals surface area contributed by atoms with Crippen LogP contribution in [-0.4, -0.2) is 31.1 Å². The van der Waals surface area contributed by atoms with Gasteiger partial charge in [-0.05, 0) is 28.1 Å². The topological polar surface area (TPSA) is 88.1 Å². The maximum Gasteiger partial charge on any atom is 0.387 e. The lowest BCUT2D eigenvalue weighted by atomic mass is 10.1. The number of hydrogen-bond acceptors (Lipinski definition) is 5. The molecule has 0 saturated carbocycles. The molecule has 11 heteroatoms. The molecular weight excluding hydrogens is 430 g/mol. The number of carbonyl (C=O) groups excluding carboxylic acids is 1. The largest absolute Gasteiger partial charge is 0.434 e. The molecule has 1 aromatic carbocycles. The standard InChI is InChI=1S/C16H13BrF2N4O4/c1-21-12-11(13(25)22(2)16(21)26)23(14(17)20-12)7-9(24)8-5-3-4-6-10(8)27-15(18)19/h3-6,15H,7H2,1-2H3. The lowest BCUT2D eigenvalue weighted by molar-refractivity contribution is -0.0501. The molecule has 2 aromatic heterocycles. The van der Waals surface area contributed by atoms with Crippen molar-refractivity contribution in [1.82, 2.24) is 18.7 Å². The number of imidazole rings is 1. The van der Waals surface area contributed by atoms with Crippen LogP contribution in [0.5, 0.6) is 5.75 Å². The van der Waals surface area contributed by atoms with Crippen LogP contribution in [0.4, 0.5) is 8.78 Å². The predicted octanol–water partition coefficient (Wildman–Crippen LogP) is 1.68. The molecule has 0 spiro atoms. The van der Waals surface area contributed by atoms with Crippen molar-refractivity contribution in [2.75, 3.05) is 0 Å². The van der Waals surface area contributed by atoms with E-state index in [9.17, 15) is 23.2 Å². The highest BCUT2D eigenvalue weighted by atomic mass is 79.9. The second kappa shape index (κ2) is 7.06. The van der Waals surface area contributed by atoms with Crippen LogP contribution >= 0.6 is 15.9 Å². The van der Waals surface area contributed by atoms with Crippen LogP contribution in [0, 0.1) is 0 Å². The Hall–Kier alpha value is -2.82. The average Bonchev–Trinajstić information content (AvgIpc) is 2.94. The minimum atomic E-state index is -3.08. The molecule has 3 aromatic rings. The van der Waals surface area contributed by atoms with E-state index in [-0.39, 0.29) is 33.8 Å². The molecule has 0 fully saturated rings. The van der Waals surface area contributed by atoms with Crippen molar-refractivity contribution < 1.29 is 18.3 Å². The average molecular weight is 443 g/mol. The molecule has 0 bridgehead atoms. The quantitative estimate of drug-likeness (QED) is 0.443. The molecule has 0 aliphatic carbocycles. The SMILES string of the molecule is Cn1c(=O)c2c(nc(Br)n2CC(=O)c2ccccc2OC(F)F)n(C)c1=O. The van der Waals surface area contributed by atoms with Crippen molar-refractivity contribution in [3.63, 3.8) is 0 Å². The Morgan fingerprint density at radius 2 is 1.89 bits per heavy atom. The molecule has 2 heterocycles. The number of aromatic nitrogens is 4. The van der Waals surface area contributed by atoms with E-state index in [1.807, 2.05) is 0 Å². The van der Waals surface area contributed by atoms with E-state index in [1.54, 1.807) is 0 Å². The number of ketones is 1. The van der Waals surface area contributed by atoms with Crippen LogP contribution in [0.25, 0.3) is 11.2 Å². The normalized spacial score (nSPS) is 11.3. The molecule has 8 nitrogen and oxygen atoms in total. The number of carbonyl (C=O) groups is 1. The molecule has 0 saturated heterocycles. The Morgan fingerprint density at radius 1 is 1.22 bits per heavy atom. The summed E-state index contributed by atoms with van der Waals surface area (Å²) in [4.78, 5) is 41.3. The maximum atomic E-state index is 12.7. The van der Waals surface area contributed by atoms with Crippen LogP contribution in [-0.2, 0) is 20.6 Å². The number of hydrogen-bond donors (Lipinski definition) is 0. The number of para-hydroxylation sites is 1. The minimum absolute atomic E-state index is 0.0343. The summed E-state index contributed by atoms with van der Waals surface area (Å²) in [6.45, 7) is -3.45. The monoisotopic (exact) mass is 442 g/mol. The summed E-state index contributed by atoms with van der Waals surface area (Å²) < 4.78 is 33.0. The molecule has 0 aliphatic rings. The number of benzene rings is 1. The van der Waals surface area contributed by atoms with Crippen molar-refractivity contribution >= 4 is 32.9 Å². The molecule has 0 aliphatic heterocycles. The fourth-order valence-corrected chi connectivity index (χ4v) is 3.16. The number of halogens is 3. The van der Waals surface area contributed by atoms with Gasteiger partial charge in [0.15, 0.2) is 21.7 Å². The number of alkyl halides is 2. The lowest BCUT2D eigenvalue weighted by Crippen LogP contribution is -2.37. The fraction of sp³-hybridized carbons (Fsp3) is 0.250. The van der Waals surface area contributed by atoms with Crippen molar-refractivity contribution in [3.05, 3.63) is 55.4 Å². The number of nitrogens with zero attached hydrogens (tertiary/aromatic N) is 4. The van der Waals surface area contributed by atoms with E-state index in [2.05, 4.69) is 25.7 Å². The Kier molecular flexibility index (Phi) is 4.96. The van der Waals surface area contributed by atoms with E-state index in [0.29, 0.717) is 0 Å². The molecule has 0 amide bonds. The number of aryl methyl sites for hydroxylation is 1. The highest BCUT2D eigenvalue weighted by Crippen LogP contribution is 2.23. The maximum absolute atomic E-state index is 12.7. The summed E-state index contributed by atoms with van der Waals surface area (Å²) >= 11 is 3.17. The van der Waals surface area contributed by atoms with E-state index in [4.69, 9.17) is 0 Å². The first-order chi connectivity index (χ1) is 12.7. The number of Topliss-reactive ketones (excluding diaryl/α,β-unsaturated/α-hetero) is 1. The second-order valence-corrected chi connectivity index (χ2v) is 6.35. The summed E-state index contributed by atoms with van der Waals surface area (Å²) in [5.41, 5.74) is -1.12. The summed E-state index contributed by atoms with van der Waals surface area (Å²) in [6.07, 6.45) is 0. The Labute approximate surface area is 158 Å². The highest BCUT2D eigenvalue weighted by molar-refractivity contribution is 9.10. The zero-order valence-corrected chi connectivity index (χ0v) is 15.7. The molecule has 142 valence electrons. The van der Waals surface area contributed by atoms with Crippen molar-refractivity contribution in [3.8, 4) is 5.75 Å². The molecule has 0 atom stereocenters. The summed E-state index contributed by atoms with van der Waals surface area (Å²) in [7, 11) is 2.75. The molecule has 0 unspecified atom stereocenters. The van der Waals surface area contributed by atoms with Gasteiger partial charge in [-0.1, -0.05) is 12.1 Å². The first-order valence-corrected chi connectivity index (χ1v) is 8.40. The van der Waals surface area contributed by atoms with E-state index in [1.165, 1.54) is 47.5 Å². The van der Waals surface area contributed by atoms with Gasteiger partial charge in [-0.25, -0.2) is 9.78 Å². The van der Waals surface area contributed by atoms with Gasteiger partial charge < -0.3 is 9.30 Å². The third-order valence-corrected chi connectivity index (χ3v) is 4.61. The first-order valence-electron chi connectivity index (χ1n) is 7.61. The van der Waals surface area contributed by atoms with Gasteiger partial charge >= 0.3 is 12.3 Å². The first kappa shape index (κ1) is 19.0. The second-order valence-electron chi connectivity index (χ2n) is 5.64. The Bertz CT molecular complexity index is 1170. The fourth-order valence-electron chi connectivity index (χ4n) is 2.69. The molecule has 3 rings (SSSR count). The van der Waals surface area contributed by atoms with Gasteiger partial charge in [-0.15, -0.1) is 0 Å². The van der Waals surface area contributed by atoms with Gasteiger partial charge in [0.25, 0.3) is 5.56 Å². The van der Waals surface area contributed by atoms with Gasteiger partial charge in [-0.3, -0.25) is 18.7 Å². The summed E-state index contributed by atoms with van der Waals surface area (Å²) in [6, 6.07) is 5.57. The smallest absolute Gasteiger partial charge is 0.387 e. The minimum Gasteiger partial charge on any atom is -0.434 e. The molecule has 27 heavy (non-hydrogen) atoms. The van der Waals surface area contributed by atoms with Gasteiger partial charge in [0.2, 0.25) is 0 Å². The van der Waals surface area contributed by atoms with Crippen LogP contribution < -0.4 is 16.0 Å². The summed E-state index contributed by atoms with van der Waals surface area (Å²) in [5, 5.41) is 0. The van der Waals surface area contributed by atoms with E-state index >= 15 is 0 Å². The van der Waals surface area contributed by atoms with Crippen LogP contribution in [0.15, 0.2) is 38.6 Å². The number of fused-ring (bicyclic) bond motifs is 1. The third-order valence-electron chi connectivity index (χ3n) is 4.01.